The van der Waals surface area contributed by atoms with Gasteiger partial charge in [0, 0.05) is 42.4 Å². The van der Waals surface area contributed by atoms with Crippen molar-refractivity contribution in [2.24, 2.45) is 5.92 Å². The van der Waals surface area contributed by atoms with Crippen molar-refractivity contribution in [3.8, 4) is 0 Å². The lowest BCUT2D eigenvalue weighted by Gasteiger charge is -2.18. The molecule has 2 N–H and O–H groups in total. The van der Waals surface area contributed by atoms with E-state index in [0.29, 0.717) is 5.92 Å². The van der Waals surface area contributed by atoms with Gasteiger partial charge in [0.1, 0.15) is 0 Å². The van der Waals surface area contributed by atoms with Crippen molar-refractivity contribution in [3.05, 3.63) is 52.3 Å². The van der Waals surface area contributed by atoms with Gasteiger partial charge < -0.3 is 10.1 Å². The lowest BCUT2D eigenvalue weighted by molar-refractivity contribution is 0.0905. The smallest absolute Gasteiger partial charge is 0.0896 e. The zero-order valence-electron chi connectivity index (χ0n) is 12.1. The second-order valence-electron chi connectivity index (χ2n) is 5.57. The SMILES string of the molecule is Cc1cc(Cl)ccc1CNC[C@H]1CCO[C@@H]1c1cn[nH]c1. The Kier molecular flexibility index (Phi) is 4.58. The van der Waals surface area contributed by atoms with Crippen molar-refractivity contribution in [1.82, 2.24) is 15.5 Å². The second kappa shape index (κ2) is 6.60. The fourth-order valence-corrected chi connectivity index (χ4v) is 3.10. The van der Waals surface area contributed by atoms with E-state index in [9.17, 15) is 0 Å². The molecule has 2 atom stereocenters. The molecule has 0 aliphatic carbocycles. The average Bonchev–Trinajstić information content (AvgIpc) is 3.11. The Balaban J connectivity index is 1.55. The minimum atomic E-state index is 0.155. The number of aromatic nitrogens is 2. The van der Waals surface area contributed by atoms with Gasteiger partial charge in [-0.2, -0.15) is 5.10 Å². The molecule has 21 heavy (non-hydrogen) atoms. The Morgan fingerprint density at radius 1 is 1.48 bits per heavy atom. The normalized spacial score (nSPS) is 21.8. The van der Waals surface area contributed by atoms with Crippen LogP contribution in [0.3, 0.4) is 0 Å². The molecule has 5 heteroatoms. The van der Waals surface area contributed by atoms with Crippen LogP contribution in [0.15, 0.2) is 30.6 Å². The molecular formula is C16H20ClN3O. The van der Waals surface area contributed by atoms with Crippen LogP contribution >= 0.6 is 11.6 Å². The maximum Gasteiger partial charge on any atom is 0.0896 e. The first kappa shape index (κ1) is 14.6. The molecule has 4 nitrogen and oxygen atoms in total. The number of aromatic amines is 1. The summed E-state index contributed by atoms with van der Waals surface area (Å²) in [6.07, 6.45) is 5.02. The van der Waals surface area contributed by atoms with Crippen LogP contribution in [0, 0.1) is 12.8 Å². The minimum absolute atomic E-state index is 0.155. The van der Waals surface area contributed by atoms with Crippen molar-refractivity contribution in [2.75, 3.05) is 13.2 Å². The van der Waals surface area contributed by atoms with Gasteiger partial charge in [-0.1, -0.05) is 17.7 Å². The van der Waals surface area contributed by atoms with Gasteiger partial charge in [-0.3, -0.25) is 5.10 Å². The van der Waals surface area contributed by atoms with E-state index in [1.54, 1.807) is 0 Å². The van der Waals surface area contributed by atoms with Gasteiger partial charge in [-0.15, -0.1) is 0 Å². The molecule has 0 saturated carbocycles. The van der Waals surface area contributed by atoms with E-state index >= 15 is 0 Å². The first-order chi connectivity index (χ1) is 10.2. The molecule has 2 aromatic rings. The van der Waals surface area contributed by atoms with Gasteiger partial charge in [-0.05, 0) is 36.6 Å². The van der Waals surface area contributed by atoms with Gasteiger partial charge in [0.2, 0.25) is 0 Å². The van der Waals surface area contributed by atoms with Crippen LogP contribution in [0.1, 0.15) is 29.2 Å². The predicted molar refractivity (Wildman–Crippen MR) is 83.3 cm³/mol. The molecule has 1 saturated heterocycles. The summed E-state index contributed by atoms with van der Waals surface area (Å²) in [6, 6.07) is 6.04. The van der Waals surface area contributed by atoms with Crippen molar-refractivity contribution in [1.29, 1.82) is 0 Å². The summed E-state index contributed by atoms with van der Waals surface area (Å²) < 4.78 is 5.83. The van der Waals surface area contributed by atoms with E-state index in [1.807, 2.05) is 24.5 Å². The number of benzene rings is 1. The molecule has 2 heterocycles. The quantitative estimate of drug-likeness (QED) is 0.891. The largest absolute Gasteiger partial charge is 0.373 e. The van der Waals surface area contributed by atoms with Crippen molar-refractivity contribution >= 4 is 11.6 Å². The van der Waals surface area contributed by atoms with Gasteiger partial charge in [0.05, 0.1) is 12.3 Å². The molecule has 3 rings (SSSR count). The van der Waals surface area contributed by atoms with Crippen molar-refractivity contribution in [2.45, 2.75) is 26.0 Å². The molecule has 1 aromatic carbocycles. The second-order valence-corrected chi connectivity index (χ2v) is 6.01. The molecule has 1 aliphatic heterocycles. The van der Waals surface area contributed by atoms with Crippen molar-refractivity contribution in [3.63, 3.8) is 0 Å². The number of hydrogen-bond donors (Lipinski definition) is 2. The lowest BCUT2D eigenvalue weighted by Crippen LogP contribution is -2.24. The number of aryl methyl sites for hydroxylation is 1. The predicted octanol–water partition coefficient (Wildman–Crippen LogP) is 3.24. The zero-order chi connectivity index (χ0) is 14.7. The molecule has 0 unspecified atom stereocenters. The minimum Gasteiger partial charge on any atom is -0.373 e. The third kappa shape index (κ3) is 3.46. The highest BCUT2D eigenvalue weighted by atomic mass is 35.5. The number of rotatable bonds is 5. The third-order valence-corrected chi connectivity index (χ3v) is 4.32. The van der Waals surface area contributed by atoms with E-state index in [-0.39, 0.29) is 6.10 Å². The van der Waals surface area contributed by atoms with Crippen LogP contribution in [0.25, 0.3) is 0 Å². The number of halogens is 1. The Bertz CT molecular complexity index is 585. The summed E-state index contributed by atoms with van der Waals surface area (Å²) >= 11 is 5.98. The number of hydrogen-bond acceptors (Lipinski definition) is 3. The van der Waals surface area contributed by atoms with E-state index in [0.717, 1.165) is 36.7 Å². The molecule has 1 aromatic heterocycles. The van der Waals surface area contributed by atoms with E-state index in [4.69, 9.17) is 16.3 Å². The molecule has 1 fully saturated rings. The molecule has 0 amide bonds. The summed E-state index contributed by atoms with van der Waals surface area (Å²) in [5, 5.41) is 11.2. The zero-order valence-corrected chi connectivity index (χ0v) is 12.9. The van der Waals surface area contributed by atoms with E-state index in [2.05, 4.69) is 28.5 Å². The van der Waals surface area contributed by atoms with Crippen LogP contribution in [0.5, 0.6) is 0 Å². The fraction of sp³-hybridized carbons (Fsp3) is 0.438. The molecule has 1 aliphatic rings. The van der Waals surface area contributed by atoms with E-state index in [1.165, 1.54) is 11.1 Å². The van der Waals surface area contributed by atoms with Crippen LogP contribution in [0.2, 0.25) is 5.02 Å². The number of ether oxygens (including phenoxy) is 1. The highest BCUT2D eigenvalue weighted by Crippen LogP contribution is 2.33. The molecule has 0 spiro atoms. The Morgan fingerprint density at radius 3 is 3.14 bits per heavy atom. The first-order valence-electron chi connectivity index (χ1n) is 7.30. The summed E-state index contributed by atoms with van der Waals surface area (Å²) in [4.78, 5) is 0. The maximum absolute atomic E-state index is 5.98. The highest BCUT2D eigenvalue weighted by Gasteiger charge is 2.29. The lowest BCUT2D eigenvalue weighted by atomic mass is 9.97. The van der Waals surface area contributed by atoms with Gasteiger partial charge in [-0.25, -0.2) is 0 Å². The summed E-state index contributed by atoms with van der Waals surface area (Å²) in [7, 11) is 0. The maximum atomic E-state index is 5.98. The average molecular weight is 306 g/mol. The Labute approximate surface area is 129 Å². The summed E-state index contributed by atoms with van der Waals surface area (Å²) in [6.45, 7) is 4.72. The number of nitrogens with zero attached hydrogens (tertiary/aromatic N) is 1. The standard InChI is InChI=1S/C16H20ClN3O/c1-11-6-15(17)3-2-12(11)7-18-8-13-4-5-21-16(13)14-9-19-20-10-14/h2-3,6,9-10,13,16,18H,4-5,7-8H2,1H3,(H,19,20)/t13-,16+/m1/s1. The van der Waals surface area contributed by atoms with Gasteiger partial charge in [0.15, 0.2) is 0 Å². The molecule has 112 valence electrons. The molecular weight excluding hydrogens is 286 g/mol. The fourth-order valence-electron chi connectivity index (χ4n) is 2.88. The topological polar surface area (TPSA) is 49.9 Å². The Hall–Kier alpha value is -1.36. The van der Waals surface area contributed by atoms with Crippen LogP contribution < -0.4 is 5.32 Å². The molecule has 0 radical (unpaired) electrons. The number of nitrogens with one attached hydrogen (secondary N) is 2. The van der Waals surface area contributed by atoms with E-state index < -0.39 is 0 Å². The van der Waals surface area contributed by atoms with Crippen LogP contribution in [-0.4, -0.2) is 23.3 Å². The summed E-state index contributed by atoms with van der Waals surface area (Å²) in [5.41, 5.74) is 3.66. The number of H-pyrrole nitrogens is 1. The Morgan fingerprint density at radius 2 is 2.38 bits per heavy atom. The van der Waals surface area contributed by atoms with Crippen LogP contribution in [0.4, 0.5) is 0 Å². The first-order valence-corrected chi connectivity index (χ1v) is 7.68. The van der Waals surface area contributed by atoms with Gasteiger partial charge >= 0.3 is 0 Å². The third-order valence-electron chi connectivity index (χ3n) is 4.09. The summed E-state index contributed by atoms with van der Waals surface area (Å²) in [5.74, 6) is 0.496. The van der Waals surface area contributed by atoms with Crippen molar-refractivity contribution < 1.29 is 4.74 Å². The molecule has 0 bridgehead atoms. The van der Waals surface area contributed by atoms with Gasteiger partial charge in [0.25, 0.3) is 0 Å². The van der Waals surface area contributed by atoms with Crippen LogP contribution in [-0.2, 0) is 11.3 Å². The highest BCUT2D eigenvalue weighted by molar-refractivity contribution is 6.30. The monoisotopic (exact) mass is 305 g/mol.